The number of halogens is 3. The highest BCUT2D eigenvalue weighted by Gasteiger charge is 2.36. The van der Waals surface area contributed by atoms with E-state index in [1.165, 1.54) is 11.6 Å². The molecule has 0 saturated carbocycles. The summed E-state index contributed by atoms with van der Waals surface area (Å²) in [5.74, 6) is -0.533. The van der Waals surface area contributed by atoms with Crippen molar-refractivity contribution in [1.29, 1.82) is 0 Å². The predicted octanol–water partition coefficient (Wildman–Crippen LogP) is 5.08. The second-order valence-corrected chi connectivity index (χ2v) is 8.33. The zero-order valence-corrected chi connectivity index (χ0v) is 19.1. The van der Waals surface area contributed by atoms with Crippen molar-refractivity contribution >= 4 is 22.6 Å². The zero-order chi connectivity index (χ0) is 24.8. The number of hydrogen-bond donors (Lipinski definition) is 1. The Bertz CT molecular complexity index is 1440. The standard InChI is InChI=1S/C25H23F3N4O2/c1-14-8-10-18(11-9-14)32-24-22(17(4)30-32)19(25(26,27)28)12-21(34)31(24)13-20(33)29-23-15(2)6-5-7-16(23)3/h5-12H,13H2,1-4H3,(H,29,33). The Morgan fingerprint density at radius 3 is 2.21 bits per heavy atom. The first-order valence-corrected chi connectivity index (χ1v) is 10.6. The van der Waals surface area contributed by atoms with Crippen LogP contribution in [0.5, 0.6) is 0 Å². The molecule has 0 spiro atoms. The van der Waals surface area contributed by atoms with Crippen LogP contribution in [0.25, 0.3) is 16.7 Å². The van der Waals surface area contributed by atoms with E-state index in [4.69, 9.17) is 0 Å². The van der Waals surface area contributed by atoms with Crippen molar-refractivity contribution in [2.45, 2.75) is 40.4 Å². The Labute approximate surface area is 193 Å². The van der Waals surface area contributed by atoms with Crippen LogP contribution in [0.3, 0.4) is 0 Å². The Morgan fingerprint density at radius 2 is 1.62 bits per heavy atom. The molecule has 0 fully saturated rings. The molecule has 0 aliphatic heterocycles. The van der Waals surface area contributed by atoms with E-state index >= 15 is 0 Å². The molecule has 2 aromatic carbocycles. The number of para-hydroxylation sites is 1. The van der Waals surface area contributed by atoms with Gasteiger partial charge in [0.1, 0.15) is 12.2 Å². The highest BCUT2D eigenvalue weighted by molar-refractivity contribution is 5.93. The molecule has 0 bridgehead atoms. The molecule has 0 saturated heterocycles. The number of carbonyl (C=O) groups is 1. The number of carbonyl (C=O) groups excluding carboxylic acids is 1. The molecule has 34 heavy (non-hydrogen) atoms. The molecule has 9 heteroatoms. The van der Waals surface area contributed by atoms with Crippen molar-refractivity contribution < 1.29 is 18.0 Å². The van der Waals surface area contributed by atoms with E-state index in [0.717, 1.165) is 21.3 Å². The first-order chi connectivity index (χ1) is 16.0. The quantitative estimate of drug-likeness (QED) is 0.454. The average molecular weight is 468 g/mol. The molecule has 0 radical (unpaired) electrons. The summed E-state index contributed by atoms with van der Waals surface area (Å²) < 4.78 is 43.9. The highest BCUT2D eigenvalue weighted by Crippen LogP contribution is 2.36. The van der Waals surface area contributed by atoms with Gasteiger partial charge in [-0.1, -0.05) is 35.9 Å². The number of nitrogens with one attached hydrogen (secondary N) is 1. The van der Waals surface area contributed by atoms with Crippen molar-refractivity contribution in [1.82, 2.24) is 14.3 Å². The summed E-state index contributed by atoms with van der Waals surface area (Å²) in [6.07, 6.45) is -4.76. The summed E-state index contributed by atoms with van der Waals surface area (Å²) in [5, 5.41) is 6.88. The zero-order valence-electron chi connectivity index (χ0n) is 19.1. The molecule has 0 aliphatic rings. The first-order valence-electron chi connectivity index (χ1n) is 10.6. The van der Waals surface area contributed by atoms with E-state index < -0.39 is 29.8 Å². The van der Waals surface area contributed by atoms with Gasteiger partial charge in [-0.2, -0.15) is 18.3 Å². The van der Waals surface area contributed by atoms with Crippen LogP contribution >= 0.6 is 0 Å². The number of anilines is 1. The van der Waals surface area contributed by atoms with Gasteiger partial charge in [0, 0.05) is 11.8 Å². The fourth-order valence-corrected chi connectivity index (χ4v) is 4.03. The molecule has 176 valence electrons. The Morgan fingerprint density at radius 1 is 1.00 bits per heavy atom. The Kier molecular flexibility index (Phi) is 5.80. The van der Waals surface area contributed by atoms with Gasteiger partial charge >= 0.3 is 6.18 Å². The maximum Gasteiger partial charge on any atom is 0.417 e. The summed E-state index contributed by atoms with van der Waals surface area (Å²) in [6.45, 7) is 6.53. The lowest BCUT2D eigenvalue weighted by Gasteiger charge is -2.16. The van der Waals surface area contributed by atoms with Crippen LogP contribution in [0, 0.1) is 27.7 Å². The van der Waals surface area contributed by atoms with Crippen molar-refractivity contribution in [3.63, 3.8) is 0 Å². The van der Waals surface area contributed by atoms with Gasteiger partial charge in [0.15, 0.2) is 0 Å². The van der Waals surface area contributed by atoms with E-state index in [1.54, 1.807) is 24.3 Å². The summed E-state index contributed by atoms with van der Waals surface area (Å²) in [4.78, 5) is 25.9. The van der Waals surface area contributed by atoms with Gasteiger partial charge < -0.3 is 5.32 Å². The van der Waals surface area contributed by atoms with Crippen molar-refractivity contribution in [2.24, 2.45) is 0 Å². The summed E-state index contributed by atoms with van der Waals surface area (Å²) >= 11 is 0. The molecule has 1 N–H and O–H groups in total. The Balaban J connectivity index is 1.91. The van der Waals surface area contributed by atoms with Crippen molar-refractivity contribution in [2.75, 3.05) is 5.32 Å². The number of pyridine rings is 1. The monoisotopic (exact) mass is 468 g/mol. The van der Waals surface area contributed by atoms with E-state index in [1.807, 2.05) is 39.0 Å². The fraction of sp³-hybridized carbons (Fsp3) is 0.240. The molecule has 4 rings (SSSR count). The molecule has 4 aromatic rings. The number of rotatable bonds is 4. The summed E-state index contributed by atoms with van der Waals surface area (Å²) in [5.41, 5.74) is 1.71. The van der Waals surface area contributed by atoms with Gasteiger partial charge in [0.2, 0.25) is 5.91 Å². The second kappa shape index (κ2) is 8.48. The minimum atomic E-state index is -4.76. The highest BCUT2D eigenvalue weighted by atomic mass is 19.4. The molecule has 0 atom stereocenters. The van der Waals surface area contributed by atoms with Gasteiger partial charge in [0.05, 0.1) is 22.3 Å². The number of aromatic nitrogens is 3. The third kappa shape index (κ3) is 4.21. The summed E-state index contributed by atoms with van der Waals surface area (Å²) in [6, 6.07) is 13.0. The van der Waals surface area contributed by atoms with Gasteiger partial charge in [-0.15, -0.1) is 0 Å². The van der Waals surface area contributed by atoms with Crippen molar-refractivity contribution in [3.8, 4) is 5.69 Å². The van der Waals surface area contributed by atoms with Crippen LogP contribution in [0.15, 0.2) is 53.3 Å². The van der Waals surface area contributed by atoms with Crippen LogP contribution in [0.4, 0.5) is 18.9 Å². The SMILES string of the molecule is Cc1ccc(-n2nc(C)c3c(C(F)(F)F)cc(=O)n(CC(=O)Nc4c(C)cccc4C)c32)cc1. The average Bonchev–Trinajstić information content (AvgIpc) is 3.09. The topological polar surface area (TPSA) is 68.9 Å². The second-order valence-electron chi connectivity index (χ2n) is 8.33. The number of benzene rings is 2. The lowest BCUT2D eigenvalue weighted by Crippen LogP contribution is -2.30. The maximum absolute atomic E-state index is 13.8. The van der Waals surface area contributed by atoms with Gasteiger partial charge in [-0.25, -0.2) is 4.68 Å². The molecule has 2 aromatic heterocycles. The van der Waals surface area contributed by atoms with E-state index in [9.17, 15) is 22.8 Å². The lowest BCUT2D eigenvalue weighted by atomic mass is 10.1. The van der Waals surface area contributed by atoms with Gasteiger partial charge in [-0.05, 0) is 51.0 Å². The summed E-state index contributed by atoms with van der Waals surface area (Å²) in [7, 11) is 0. The van der Waals surface area contributed by atoms with E-state index in [0.29, 0.717) is 17.4 Å². The number of hydrogen-bond acceptors (Lipinski definition) is 3. The van der Waals surface area contributed by atoms with Gasteiger partial charge in [0.25, 0.3) is 5.56 Å². The minimum absolute atomic E-state index is 0.0853. The minimum Gasteiger partial charge on any atom is -0.324 e. The van der Waals surface area contributed by atoms with E-state index in [-0.39, 0.29) is 16.7 Å². The van der Waals surface area contributed by atoms with E-state index in [2.05, 4.69) is 10.4 Å². The van der Waals surface area contributed by atoms with Crippen LogP contribution < -0.4 is 10.9 Å². The van der Waals surface area contributed by atoms with Gasteiger partial charge in [-0.3, -0.25) is 14.2 Å². The molecule has 2 heterocycles. The van der Waals surface area contributed by atoms with Crippen molar-refractivity contribution in [3.05, 3.63) is 86.8 Å². The number of alkyl halides is 3. The number of fused-ring (bicyclic) bond motifs is 1. The predicted molar refractivity (Wildman–Crippen MR) is 124 cm³/mol. The molecule has 0 unspecified atom stereocenters. The third-order valence-electron chi connectivity index (χ3n) is 5.73. The molecule has 6 nitrogen and oxygen atoms in total. The van der Waals surface area contributed by atoms with Crippen LogP contribution in [-0.4, -0.2) is 20.3 Å². The van der Waals surface area contributed by atoms with Crippen LogP contribution in [-0.2, 0) is 17.5 Å². The number of nitrogens with zero attached hydrogens (tertiary/aromatic N) is 3. The first kappa shape index (κ1) is 23.3. The smallest absolute Gasteiger partial charge is 0.324 e. The van der Waals surface area contributed by atoms with Crippen LogP contribution in [0.2, 0.25) is 0 Å². The molecule has 0 aliphatic carbocycles. The molecular weight excluding hydrogens is 445 g/mol. The Hall–Kier alpha value is -3.88. The van der Waals surface area contributed by atoms with Crippen LogP contribution in [0.1, 0.15) is 27.9 Å². The molecule has 1 amide bonds. The fourth-order valence-electron chi connectivity index (χ4n) is 4.03. The molecular formula is C25H23F3N4O2. The number of amides is 1. The third-order valence-corrected chi connectivity index (χ3v) is 5.73. The maximum atomic E-state index is 13.8. The lowest BCUT2D eigenvalue weighted by molar-refractivity contribution is -0.136. The largest absolute Gasteiger partial charge is 0.417 e. The number of aryl methyl sites for hydroxylation is 4. The normalized spacial score (nSPS) is 11.7.